The number of hydrogen-bond acceptors (Lipinski definition) is 3. The lowest BCUT2D eigenvalue weighted by molar-refractivity contribution is -0.134. The fourth-order valence-corrected chi connectivity index (χ4v) is 4.37. The lowest BCUT2D eigenvalue weighted by Crippen LogP contribution is -2.52. The number of nitrogens with zero attached hydrogens (tertiary/aromatic N) is 3. The summed E-state index contributed by atoms with van der Waals surface area (Å²) >= 11 is 0. The molecule has 1 aromatic carbocycles. The van der Waals surface area contributed by atoms with Gasteiger partial charge in [0.15, 0.2) is 0 Å². The molecule has 2 fully saturated rings. The van der Waals surface area contributed by atoms with Gasteiger partial charge in [0.05, 0.1) is 17.7 Å². The van der Waals surface area contributed by atoms with Crippen molar-refractivity contribution >= 4 is 11.8 Å². The third-order valence-corrected chi connectivity index (χ3v) is 6.26. The summed E-state index contributed by atoms with van der Waals surface area (Å²) in [5.41, 5.74) is 2.52. The molecule has 152 valence electrons. The number of aromatic nitrogens is 2. The van der Waals surface area contributed by atoms with Crippen molar-refractivity contribution in [2.45, 2.75) is 43.6 Å². The van der Waals surface area contributed by atoms with E-state index in [0.717, 1.165) is 11.3 Å². The minimum absolute atomic E-state index is 0.00743. The average molecular weight is 393 g/mol. The molecule has 1 aromatic heterocycles. The van der Waals surface area contributed by atoms with Gasteiger partial charge in [0.1, 0.15) is 0 Å². The van der Waals surface area contributed by atoms with Crippen molar-refractivity contribution in [2.75, 3.05) is 13.1 Å². The van der Waals surface area contributed by atoms with Gasteiger partial charge in [-0.05, 0) is 43.4 Å². The molecule has 0 bridgehead atoms. The predicted octanol–water partition coefficient (Wildman–Crippen LogP) is 2.66. The molecule has 6 heteroatoms. The molecule has 1 N–H and O–H groups in total. The summed E-state index contributed by atoms with van der Waals surface area (Å²) in [4.78, 5) is 27.2. The molecule has 1 saturated heterocycles. The molecule has 0 unspecified atom stereocenters. The van der Waals surface area contributed by atoms with Crippen LogP contribution in [0.25, 0.3) is 0 Å². The maximum Gasteiger partial charge on any atom is 0.245 e. The maximum absolute atomic E-state index is 13.4. The number of aryl methyl sites for hydroxylation is 1. The van der Waals surface area contributed by atoms with Gasteiger partial charge in [-0.3, -0.25) is 14.3 Å². The summed E-state index contributed by atoms with van der Waals surface area (Å²) in [6, 6.07) is 12.0. The minimum Gasteiger partial charge on any atom is -0.350 e. The number of piperidine rings is 1. The highest BCUT2D eigenvalue weighted by molar-refractivity contribution is 5.90. The van der Waals surface area contributed by atoms with Crippen molar-refractivity contribution in [3.8, 4) is 0 Å². The van der Waals surface area contributed by atoms with Gasteiger partial charge in [-0.15, -0.1) is 0 Å². The molecule has 6 nitrogen and oxygen atoms in total. The van der Waals surface area contributed by atoms with Crippen molar-refractivity contribution in [2.24, 2.45) is 7.05 Å². The van der Waals surface area contributed by atoms with Crippen LogP contribution in [0.4, 0.5) is 0 Å². The van der Waals surface area contributed by atoms with Crippen LogP contribution < -0.4 is 5.32 Å². The number of hydrogen-bond donors (Lipinski definition) is 1. The van der Waals surface area contributed by atoms with Gasteiger partial charge in [0.2, 0.25) is 11.8 Å². The Kier molecular flexibility index (Phi) is 5.26. The summed E-state index contributed by atoms with van der Waals surface area (Å²) < 4.78 is 1.94. The fraction of sp³-hybridized carbons (Fsp3) is 0.435. The van der Waals surface area contributed by atoms with Crippen molar-refractivity contribution in [1.82, 2.24) is 20.0 Å². The maximum atomic E-state index is 13.4. The van der Waals surface area contributed by atoms with Crippen molar-refractivity contribution in [1.29, 1.82) is 0 Å². The molecule has 4 rings (SSSR count). The van der Waals surface area contributed by atoms with E-state index in [2.05, 4.69) is 23.1 Å². The third kappa shape index (κ3) is 3.84. The van der Waals surface area contributed by atoms with Crippen LogP contribution in [-0.4, -0.2) is 39.6 Å². The Bertz CT molecular complexity index is 906. The Hall–Kier alpha value is -2.89. The first kappa shape index (κ1) is 19.4. The SMILES string of the molecule is C=CC(=O)N1CCC(C(=O)NCc2cc(C3CC3)n(C)n2)(c2ccccc2)CC1. The van der Waals surface area contributed by atoms with Crippen LogP contribution in [0.2, 0.25) is 0 Å². The van der Waals surface area contributed by atoms with Gasteiger partial charge < -0.3 is 10.2 Å². The summed E-state index contributed by atoms with van der Waals surface area (Å²) in [7, 11) is 1.97. The van der Waals surface area contributed by atoms with Gasteiger partial charge in [-0.25, -0.2) is 0 Å². The van der Waals surface area contributed by atoms with Crippen LogP contribution in [0, 0.1) is 0 Å². The number of carbonyl (C=O) groups is 2. The van der Waals surface area contributed by atoms with Gasteiger partial charge in [0.25, 0.3) is 0 Å². The largest absolute Gasteiger partial charge is 0.350 e. The Labute approximate surface area is 171 Å². The van der Waals surface area contributed by atoms with Crippen molar-refractivity contribution < 1.29 is 9.59 Å². The topological polar surface area (TPSA) is 67.2 Å². The molecular weight excluding hydrogens is 364 g/mol. The van der Waals surface area contributed by atoms with Gasteiger partial charge >= 0.3 is 0 Å². The molecule has 0 atom stereocenters. The second-order valence-corrected chi connectivity index (χ2v) is 8.12. The Balaban J connectivity index is 1.50. The number of rotatable bonds is 6. The molecule has 2 amide bonds. The standard InChI is InChI=1S/C23H28N4O2/c1-3-21(28)27-13-11-23(12-14-27,18-7-5-4-6-8-18)22(29)24-16-19-15-20(17-9-10-17)26(2)25-19/h3-8,15,17H,1,9-14,16H2,2H3,(H,24,29). The third-order valence-electron chi connectivity index (χ3n) is 6.26. The molecule has 0 radical (unpaired) electrons. The van der Waals surface area contributed by atoms with Crippen LogP contribution in [0.15, 0.2) is 49.1 Å². The monoisotopic (exact) mass is 392 g/mol. The summed E-state index contributed by atoms with van der Waals surface area (Å²) in [6.45, 7) is 5.08. The zero-order chi connectivity index (χ0) is 20.4. The van der Waals surface area contributed by atoms with E-state index in [4.69, 9.17) is 0 Å². The molecule has 1 aliphatic carbocycles. The molecular formula is C23H28N4O2. The highest BCUT2D eigenvalue weighted by Gasteiger charge is 2.43. The number of likely N-dealkylation sites (tertiary alicyclic amines) is 1. The van der Waals surface area contributed by atoms with Crippen LogP contribution in [0.3, 0.4) is 0 Å². The second kappa shape index (κ2) is 7.85. The average Bonchev–Trinajstić information content (AvgIpc) is 3.54. The van der Waals surface area contributed by atoms with E-state index < -0.39 is 5.41 Å². The van der Waals surface area contributed by atoms with E-state index in [1.165, 1.54) is 24.6 Å². The Morgan fingerprint density at radius 1 is 1.24 bits per heavy atom. The highest BCUT2D eigenvalue weighted by Crippen LogP contribution is 2.40. The van der Waals surface area contributed by atoms with Crippen LogP contribution in [-0.2, 0) is 28.6 Å². The molecule has 0 spiro atoms. The highest BCUT2D eigenvalue weighted by atomic mass is 16.2. The van der Waals surface area contributed by atoms with E-state index in [1.54, 1.807) is 4.90 Å². The zero-order valence-corrected chi connectivity index (χ0v) is 16.9. The number of nitrogens with one attached hydrogen (secondary N) is 1. The van der Waals surface area contributed by atoms with Crippen molar-refractivity contribution in [3.05, 3.63) is 66.0 Å². The first-order valence-electron chi connectivity index (χ1n) is 10.3. The normalized spacial score (nSPS) is 18.3. The number of benzene rings is 1. The molecule has 2 heterocycles. The van der Waals surface area contributed by atoms with E-state index in [0.29, 0.717) is 38.4 Å². The predicted molar refractivity (Wildman–Crippen MR) is 111 cm³/mol. The molecule has 1 aliphatic heterocycles. The summed E-state index contributed by atoms with van der Waals surface area (Å²) in [5.74, 6) is 0.556. The molecule has 2 aliphatic rings. The van der Waals surface area contributed by atoms with Gasteiger partial charge in [-0.2, -0.15) is 5.10 Å². The molecule has 1 saturated carbocycles. The van der Waals surface area contributed by atoms with Crippen LogP contribution in [0.5, 0.6) is 0 Å². The molecule has 29 heavy (non-hydrogen) atoms. The summed E-state index contributed by atoms with van der Waals surface area (Å²) in [5, 5.41) is 7.70. The van der Waals surface area contributed by atoms with E-state index >= 15 is 0 Å². The van der Waals surface area contributed by atoms with Crippen LogP contribution in [0.1, 0.15) is 48.6 Å². The van der Waals surface area contributed by atoms with Crippen molar-refractivity contribution in [3.63, 3.8) is 0 Å². The molecule has 2 aromatic rings. The van der Waals surface area contributed by atoms with E-state index in [1.807, 2.05) is 42.1 Å². The zero-order valence-electron chi connectivity index (χ0n) is 16.9. The number of amides is 2. The second-order valence-electron chi connectivity index (χ2n) is 8.12. The van der Waals surface area contributed by atoms with Gasteiger partial charge in [0, 0.05) is 31.7 Å². The number of carbonyl (C=O) groups excluding carboxylic acids is 2. The van der Waals surface area contributed by atoms with E-state index in [9.17, 15) is 9.59 Å². The lowest BCUT2D eigenvalue weighted by atomic mass is 9.72. The Morgan fingerprint density at radius 3 is 2.55 bits per heavy atom. The first-order valence-corrected chi connectivity index (χ1v) is 10.3. The van der Waals surface area contributed by atoms with Gasteiger partial charge in [-0.1, -0.05) is 36.9 Å². The smallest absolute Gasteiger partial charge is 0.245 e. The Morgan fingerprint density at radius 2 is 1.93 bits per heavy atom. The van der Waals surface area contributed by atoms with E-state index in [-0.39, 0.29) is 11.8 Å². The van der Waals surface area contributed by atoms with Crippen LogP contribution >= 0.6 is 0 Å². The summed E-state index contributed by atoms with van der Waals surface area (Å²) in [6.07, 6.45) is 4.98. The fourth-order valence-electron chi connectivity index (χ4n) is 4.37. The first-order chi connectivity index (χ1) is 14.0. The lowest BCUT2D eigenvalue weighted by Gasteiger charge is -2.40. The minimum atomic E-state index is -0.632. The quantitative estimate of drug-likeness (QED) is 0.769.